The number of aldehydes is 1. The molecule has 58 valence electrons. The molecule has 0 aromatic carbocycles. The molecule has 0 amide bonds. The van der Waals surface area contributed by atoms with E-state index in [0.717, 1.165) is 0 Å². The molecule has 1 unspecified atom stereocenters. The van der Waals surface area contributed by atoms with Gasteiger partial charge in [0.25, 0.3) is 0 Å². The second-order valence-corrected chi connectivity index (χ2v) is 2.11. The lowest BCUT2D eigenvalue weighted by atomic mass is 10.1. The van der Waals surface area contributed by atoms with Crippen molar-refractivity contribution in [3.05, 3.63) is 0 Å². The summed E-state index contributed by atoms with van der Waals surface area (Å²) in [4.78, 5) is 10.0. The van der Waals surface area contributed by atoms with Crippen LogP contribution < -0.4 is 0 Å². The second-order valence-electron chi connectivity index (χ2n) is 2.11. The molecule has 4 atom stereocenters. The zero-order chi connectivity index (χ0) is 7.72. The highest BCUT2D eigenvalue weighted by atomic mass is 16.6. The van der Waals surface area contributed by atoms with Crippen molar-refractivity contribution in [2.45, 2.75) is 24.6 Å². The minimum atomic E-state index is -1.45. The summed E-state index contributed by atoms with van der Waals surface area (Å²) in [5.41, 5.74) is 0. The van der Waals surface area contributed by atoms with Gasteiger partial charge in [-0.3, -0.25) is 0 Å². The van der Waals surface area contributed by atoms with Crippen LogP contribution in [0.1, 0.15) is 0 Å². The standard InChI is InChI=1S/C5H8O5/c6-1-2-3(7)4(8)5(9)10-2/h1-5,7-9H/t2-,3+,4+,5?/m1/s1. The van der Waals surface area contributed by atoms with Gasteiger partial charge < -0.3 is 24.9 Å². The molecule has 0 aromatic heterocycles. The summed E-state index contributed by atoms with van der Waals surface area (Å²) in [5, 5.41) is 26.3. The van der Waals surface area contributed by atoms with Gasteiger partial charge in [-0.25, -0.2) is 0 Å². The van der Waals surface area contributed by atoms with E-state index in [0.29, 0.717) is 6.29 Å². The fraction of sp³-hybridized carbons (Fsp3) is 0.800. The fourth-order valence-corrected chi connectivity index (χ4v) is 0.798. The molecule has 0 radical (unpaired) electrons. The third kappa shape index (κ3) is 1.04. The number of rotatable bonds is 1. The topological polar surface area (TPSA) is 87.0 Å². The highest BCUT2D eigenvalue weighted by molar-refractivity contribution is 5.58. The Balaban J connectivity index is 2.61. The molecular weight excluding hydrogens is 140 g/mol. The minimum absolute atomic E-state index is 0.337. The van der Waals surface area contributed by atoms with Crippen LogP contribution in [0.3, 0.4) is 0 Å². The lowest BCUT2D eigenvalue weighted by Crippen LogP contribution is -2.32. The van der Waals surface area contributed by atoms with Crippen molar-refractivity contribution >= 4 is 6.29 Å². The van der Waals surface area contributed by atoms with E-state index in [2.05, 4.69) is 4.74 Å². The first kappa shape index (κ1) is 7.62. The van der Waals surface area contributed by atoms with E-state index in [9.17, 15) is 4.79 Å². The van der Waals surface area contributed by atoms with Crippen LogP contribution in [0.4, 0.5) is 0 Å². The van der Waals surface area contributed by atoms with Crippen molar-refractivity contribution in [3.8, 4) is 0 Å². The first-order valence-electron chi connectivity index (χ1n) is 2.82. The van der Waals surface area contributed by atoms with Crippen LogP contribution in [0, 0.1) is 0 Å². The monoisotopic (exact) mass is 148 g/mol. The van der Waals surface area contributed by atoms with Crippen molar-refractivity contribution in [1.29, 1.82) is 0 Å². The average Bonchev–Trinajstić information content (AvgIpc) is 2.17. The van der Waals surface area contributed by atoms with E-state index in [4.69, 9.17) is 15.3 Å². The van der Waals surface area contributed by atoms with Gasteiger partial charge in [0, 0.05) is 0 Å². The number of hydrogen-bond acceptors (Lipinski definition) is 5. The Bertz CT molecular complexity index is 136. The van der Waals surface area contributed by atoms with Gasteiger partial charge in [-0.05, 0) is 0 Å². The molecule has 3 N–H and O–H groups in total. The van der Waals surface area contributed by atoms with E-state index >= 15 is 0 Å². The molecule has 10 heavy (non-hydrogen) atoms. The molecule has 0 bridgehead atoms. The molecule has 0 spiro atoms. The molecule has 5 nitrogen and oxygen atoms in total. The van der Waals surface area contributed by atoms with Gasteiger partial charge in [0.05, 0.1) is 0 Å². The largest absolute Gasteiger partial charge is 0.387 e. The van der Waals surface area contributed by atoms with Crippen LogP contribution in [-0.2, 0) is 9.53 Å². The number of aliphatic hydroxyl groups excluding tert-OH is 3. The predicted octanol–water partition coefficient (Wildman–Crippen LogP) is -2.38. The highest BCUT2D eigenvalue weighted by Crippen LogP contribution is 2.17. The van der Waals surface area contributed by atoms with Gasteiger partial charge in [0.2, 0.25) is 0 Å². The van der Waals surface area contributed by atoms with E-state index in [1.807, 2.05) is 0 Å². The molecule has 1 fully saturated rings. The Morgan fingerprint density at radius 1 is 1.20 bits per heavy atom. The van der Waals surface area contributed by atoms with Gasteiger partial charge in [0.1, 0.15) is 18.3 Å². The van der Waals surface area contributed by atoms with Crippen molar-refractivity contribution in [2.75, 3.05) is 0 Å². The molecule has 1 rings (SSSR count). The van der Waals surface area contributed by atoms with Crippen LogP contribution >= 0.6 is 0 Å². The lowest BCUT2D eigenvalue weighted by molar-refractivity contribution is -0.140. The van der Waals surface area contributed by atoms with Gasteiger partial charge in [-0.1, -0.05) is 0 Å². The molecule has 0 aliphatic carbocycles. The summed E-state index contributed by atoms with van der Waals surface area (Å²) < 4.78 is 4.42. The molecule has 0 aromatic rings. The van der Waals surface area contributed by atoms with Crippen LogP contribution in [0.15, 0.2) is 0 Å². The summed E-state index contributed by atoms with van der Waals surface area (Å²) in [6.07, 6.45) is -4.91. The molecule has 1 saturated heterocycles. The number of aliphatic hydroxyl groups is 3. The Morgan fingerprint density at radius 3 is 2.00 bits per heavy atom. The van der Waals surface area contributed by atoms with Crippen LogP contribution in [0.25, 0.3) is 0 Å². The zero-order valence-electron chi connectivity index (χ0n) is 5.04. The van der Waals surface area contributed by atoms with Gasteiger partial charge in [0.15, 0.2) is 12.6 Å². The number of carbonyl (C=O) groups is 1. The third-order valence-electron chi connectivity index (χ3n) is 1.41. The van der Waals surface area contributed by atoms with E-state index in [1.54, 1.807) is 0 Å². The lowest BCUT2D eigenvalue weighted by Gasteiger charge is -2.06. The summed E-state index contributed by atoms with van der Waals surface area (Å²) >= 11 is 0. The van der Waals surface area contributed by atoms with E-state index in [-0.39, 0.29) is 0 Å². The summed E-state index contributed by atoms with van der Waals surface area (Å²) in [6.45, 7) is 0. The maximum absolute atomic E-state index is 10.0. The third-order valence-corrected chi connectivity index (χ3v) is 1.41. The molecule has 0 saturated carbocycles. The summed E-state index contributed by atoms with van der Waals surface area (Å²) in [5.74, 6) is 0. The SMILES string of the molecule is O=C[C@H]1OC(O)[C@@H](O)[C@H]1O. The first-order valence-corrected chi connectivity index (χ1v) is 2.82. The van der Waals surface area contributed by atoms with Crippen molar-refractivity contribution in [3.63, 3.8) is 0 Å². The molecule has 1 heterocycles. The quantitative estimate of drug-likeness (QED) is 0.361. The molecule has 1 aliphatic rings. The molecule has 1 aliphatic heterocycles. The highest BCUT2D eigenvalue weighted by Gasteiger charge is 2.41. The number of ether oxygens (including phenoxy) is 1. The smallest absolute Gasteiger partial charge is 0.184 e. The van der Waals surface area contributed by atoms with Gasteiger partial charge in [-0.15, -0.1) is 0 Å². The maximum Gasteiger partial charge on any atom is 0.184 e. The Morgan fingerprint density at radius 2 is 1.80 bits per heavy atom. The number of carbonyl (C=O) groups excluding carboxylic acids is 1. The minimum Gasteiger partial charge on any atom is -0.387 e. The zero-order valence-corrected chi connectivity index (χ0v) is 5.04. The van der Waals surface area contributed by atoms with Crippen molar-refractivity contribution in [1.82, 2.24) is 0 Å². The molecular formula is C5H8O5. The Hall–Kier alpha value is -0.490. The van der Waals surface area contributed by atoms with Crippen LogP contribution in [0.2, 0.25) is 0 Å². The average molecular weight is 148 g/mol. The van der Waals surface area contributed by atoms with E-state index < -0.39 is 24.6 Å². The predicted molar refractivity (Wildman–Crippen MR) is 29.0 cm³/mol. The van der Waals surface area contributed by atoms with Crippen LogP contribution in [0.5, 0.6) is 0 Å². The van der Waals surface area contributed by atoms with Crippen molar-refractivity contribution in [2.24, 2.45) is 0 Å². The second kappa shape index (κ2) is 2.63. The Kier molecular flexibility index (Phi) is 2.00. The maximum atomic E-state index is 10.0. The van der Waals surface area contributed by atoms with Crippen LogP contribution in [-0.4, -0.2) is 46.2 Å². The summed E-state index contributed by atoms with van der Waals surface area (Å²) in [6, 6.07) is 0. The van der Waals surface area contributed by atoms with E-state index in [1.165, 1.54) is 0 Å². The van der Waals surface area contributed by atoms with Crippen molar-refractivity contribution < 1.29 is 24.9 Å². The normalized spacial score (nSPS) is 47.5. The molecule has 5 heteroatoms. The number of hydrogen-bond donors (Lipinski definition) is 3. The van der Waals surface area contributed by atoms with Gasteiger partial charge >= 0.3 is 0 Å². The Labute approximate surface area is 56.9 Å². The fourth-order valence-electron chi connectivity index (χ4n) is 0.798. The first-order chi connectivity index (χ1) is 4.66. The van der Waals surface area contributed by atoms with Gasteiger partial charge in [-0.2, -0.15) is 0 Å². The summed E-state index contributed by atoms with van der Waals surface area (Å²) in [7, 11) is 0.